The molecule has 2 heterocycles. The van der Waals surface area contributed by atoms with E-state index < -0.39 is 0 Å². The number of carbonyl (C=O) groups is 1. The van der Waals surface area contributed by atoms with Gasteiger partial charge in [0.05, 0.1) is 26.7 Å². The Labute approximate surface area is 200 Å². The number of ether oxygens (including phenoxy) is 2. The van der Waals surface area contributed by atoms with E-state index in [0.717, 1.165) is 30.5 Å². The van der Waals surface area contributed by atoms with Gasteiger partial charge in [0.15, 0.2) is 0 Å². The Hall–Kier alpha value is -2.86. The van der Waals surface area contributed by atoms with E-state index in [1.54, 1.807) is 14.2 Å². The number of amides is 1. The molecular weight excluding hydrogens is 432 g/mol. The Kier molecular flexibility index (Phi) is 7.03. The van der Waals surface area contributed by atoms with E-state index >= 15 is 0 Å². The van der Waals surface area contributed by atoms with Crippen molar-refractivity contribution in [1.29, 1.82) is 0 Å². The van der Waals surface area contributed by atoms with Gasteiger partial charge in [-0.15, -0.1) is 11.3 Å². The number of carbonyl (C=O) groups excluding carboxylic acids is 1. The summed E-state index contributed by atoms with van der Waals surface area (Å²) >= 11 is 1.82. The lowest BCUT2D eigenvalue weighted by atomic mass is 9.86. The van der Waals surface area contributed by atoms with Crippen LogP contribution in [0.3, 0.4) is 0 Å². The van der Waals surface area contributed by atoms with Crippen LogP contribution >= 0.6 is 11.3 Å². The summed E-state index contributed by atoms with van der Waals surface area (Å²) in [7, 11) is 3.17. The Morgan fingerprint density at radius 2 is 1.91 bits per heavy atom. The molecular formula is C27H32N2O3S. The number of aromatic nitrogens is 1. The van der Waals surface area contributed by atoms with E-state index in [-0.39, 0.29) is 11.8 Å². The third kappa shape index (κ3) is 4.91. The van der Waals surface area contributed by atoms with Crippen LogP contribution < -0.4 is 14.4 Å². The Morgan fingerprint density at radius 1 is 1.15 bits per heavy atom. The van der Waals surface area contributed by atoms with Crippen LogP contribution in [0.5, 0.6) is 11.8 Å². The van der Waals surface area contributed by atoms with E-state index in [0.29, 0.717) is 24.2 Å². The first-order valence-corrected chi connectivity index (χ1v) is 12.3. The number of hydrogen-bond acceptors (Lipinski definition) is 5. The van der Waals surface area contributed by atoms with Gasteiger partial charge in [-0.25, -0.2) is 0 Å². The molecule has 1 atom stereocenters. The topological polar surface area (TPSA) is 51.7 Å². The molecule has 0 saturated heterocycles. The van der Waals surface area contributed by atoms with Gasteiger partial charge in [-0.1, -0.05) is 26.0 Å². The maximum atomic E-state index is 14.1. The first-order valence-electron chi connectivity index (χ1n) is 11.5. The molecule has 0 fully saturated rings. The second kappa shape index (κ2) is 9.96. The van der Waals surface area contributed by atoms with Gasteiger partial charge in [-0.3, -0.25) is 4.79 Å². The summed E-state index contributed by atoms with van der Waals surface area (Å²) in [5.74, 6) is 1.40. The maximum Gasteiger partial charge on any atom is 0.234 e. The highest BCUT2D eigenvalue weighted by atomic mass is 32.1. The number of aryl methyl sites for hydroxylation is 2. The molecule has 0 bridgehead atoms. The third-order valence-corrected chi connectivity index (χ3v) is 7.44. The number of rotatable bonds is 7. The average Bonchev–Trinajstić information content (AvgIpc) is 3.22. The average molecular weight is 465 g/mol. The molecule has 1 aliphatic rings. The first kappa shape index (κ1) is 23.3. The summed E-state index contributed by atoms with van der Waals surface area (Å²) in [6.07, 6.45) is 2.98. The van der Waals surface area contributed by atoms with Crippen molar-refractivity contribution >= 4 is 22.9 Å². The zero-order valence-corrected chi connectivity index (χ0v) is 20.9. The van der Waals surface area contributed by atoms with Crippen molar-refractivity contribution in [2.75, 3.05) is 19.1 Å². The molecule has 0 N–H and O–H groups in total. The van der Waals surface area contributed by atoms with Gasteiger partial charge < -0.3 is 14.4 Å². The minimum absolute atomic E-state index is 0.124. The molecule has 1 aromatic carbocycles. The van der Waals surface area contributed by atoms with Crippen LogP contribution in [-0.4, -0.2) is 25.1 Å². The molecule has 3 aromatic rings. The van der Waals surface area contributed by atoms with Crippen molar-refractivity contribution in [2.45, 2.75) is 58.4 Å². The molecule has 33 heavy (non-hydrogen) atoms. The van der Waals surface area contributed by atoms with Crippen LogP contribution in [0.15, 0.2) is 42.5 Å². The van der Waals surface area contributed by atoms with E-state index in [2.05, 4.69) is 56.1 Å². The standard InChI is InChI=1S/C27H32N2O3S/c1-17(2)19-9-12-21(13-10-19)29(16-20-11-14-25(31-4)28-26(20)32-5)27(30)22-7-6-8-24-23(22)15-18(3)33-24/h9-15,17,22H,6-8,16H2,1-5H3. The summed E-state index contributed by atoms with van der Waals surface area (Å²) < 4.78 is 10.8. The van der Waals surface area contributed by atoms with Crippen LogP contribution in [0.1, 0.15) is 65.0 Å². The lowest BCUT2D eigenvalue weighted by Gasteiger charge is -2.30. The normalized spacial score (nSPS) is 15.3. The van der Waals surface area contributed by atoms with Crippen molar-refractivity contribution in [3.8, 4) is 11.8 Å². The Morgan fingerprint density at radius 3 is 2.58 bits per heavy atom. The highest BCUT2D eigenvalue weighted by Crippen LogP contribution is 2.39. The Balaban J connectivity index is 1.73. The smallest absolute Gasteiger partial charge is 0.234 e. The summed E-state index contributed by atoms with van der Waals surface area (Å²) in [6, 6.07) is 14.3. The molecule has 0 saturated carbocycles. The molecule has 2 aromatic heterocycles. The number of fused-ring (bicyclic) bond motifs is 1. The van der Waals surface area contributed by atoms with Gasteiger partial charge in [-0.2, -0.15) is 4.98 Å². The molecule has 0 radical (unpaired) electrons. The molecule has 174 valence electrons. The fourth-order valence-electron chi connectivity index (χ4n) is 4.51. The van der Waals surface area contributed by atoms with Gasteiger partial charge in [-0.05, 0) is 67.5 Å². The third-order valence-electron chi connectivity index (χ3n) is 6.32. The van der Waals surface area contributed by atoms with Crippen LogP contribution in [0.4, 0.5) is 5.69 Å². The first-order chi connectivity index (χ1) is 15.9. The largest absolute Gasteiger partial charge is 0.481 e. The number of hydrogen-bond donors (Lipinski definition) is 0. The lowest BCUT2D eigenvalue weighted by molar-refractivity contribution is -0.120. The van der Waals surface area contributed by atoms with Gasteiger partial charge in [0.1, 0.15) is 0 Å². The van der Waals surface area contributed by atoms with Crippen LogP contribution in [0.25, 0.3) is 0 Å². The predicted octanol–water partition coefficient (Wildman–Crippen LogP) is 6.25. The van der Waals surface area contributed by atoms with Crippen LogP contribution in [0, 0.1) is 6.92 Å². The number of benzene rings is 1. The molecule has 1 amide bonds. The van der Waals surface area contributed by atoms with E-state index in [1.165, 1.54) is 20.9 Å². The number of thiophene rings is 1. The second-order valence-corrected chi connectivity index (χ2v) is 10.2. The van der Waals surface area contributed by atoms with E-state index in [4.69, 9.17) is 9.47 Å². The van der Waals surface area contributed by atoms with Crippen LogP contribution in [0.2, 0.25) is 0 Å². The quantitative estimate of drug-likeness (QED) is 0.415. The molecule has 5 nitrogen and oxygen atoms in total. The lowest BCUT2D eigenvalue weighted by Crippen LogP contribution is -2.36. The SMILES string of the molecule is COc1ccc(CN(C(=O)C2CCCc3sc(C)cc32)c2ccc(C(C)C)cc2)c(OC)n1. The number of anilines is 1. The zero-order chi connectivity index (χ0) is 23.5. The van der Waals surface area contributed by atoms with Gasteiger partial charge in [0.2, 0.25) is 17.7 Å². The minimum atomic E-state index is -0.124. The molecule has 1 unspecified atom stereocenters. The van der Waals surface area contributed by atoms with Gasteiger partial charge in [0, 0.05) is 27.1 Å². The van der Waals surface area contributed by atoms with Crippen molar-refractivity contribution < 1.29 is 14.3 Å². The second-order valence-electron chi connectivity index (χ2n) is 8.87. The van der Waals surface area contributed by atoms with Crippen molar-refractivity contribution in [3.05, 3.63) is 68.9 Å². The summed E-state index contributed by atoms with van der Waals surface area (Å²) in [5, 5.41) is 0. The zero-order valence-electron chi connectivity index (χ0n) is 20.1. The number of pyridine rings is 1. The molecule has 4 rings (SSSR count). The molecule has 6 heteroatoms. The van der Waals surface area contributed by atoms with Crippen molar-refractivity contribution in [3.63, 3.8) is 0 Å². The minimum Gasteiger partial charge on any atom is -0.481 e. The van der Waals surface area contributed by atoms with Crippen molar-refractivity contribution in [1.82, 2.24) is 4.98 Å². The fraction of sp³-hybridized carbons (Fsp3) is 0.407. The number of methoxy groups -OCH3 is 2. The van der Waals surface area contributed by atoms with Gasteiger partial charge in [0.25, 0.3) is 0 Å². The summed E-state index contributed by atoms with van der Waals surface area (Å²) in [4.78, 5) is 23.0. The van der Waals surface area contributed by atoms with Crippen LogP contribution in [-0.2, 0) is 17.8 Å². The summed E-state index contributed by atoms with van der Waals surface area (Å²) in [6.45, 7) is 6.86. The highest BCUT2D eigenvalue weighted by Gasteiger charge is 2.32. The van der Waals surface area contributed by atoms with Gasteiger partial charge >= 0.3 is 0 Å². The van der Waals surface area contributed by atoms with E-state index in [9.17, 15) is 4.79 Å². The summed E-state index contributed by atoms with van der Waals surface area (Å²) in [5.41, 5.74) is 4.19. The van der Waals surface area contributed by atoms with E-state index in [1.807, 2.05) is 28.4 Å². The highest BCUT2D eigenvalue weighted by molar-refractivity contribution is 7.12. The number of nitrogens with zero attached hydrogens (tertiary/aromatic N) is 2. The molecule has 1 aliphatic carbocycles. The fourth-order valence-corrected chi connectivity index (χ4v) is 5.65. The molecule has 0 spiro atoms. The Bertz CT molecular complexity index is 1120. The monoisotopic (exact) mass is 464 g/mol. The predicted molar refractivity (Wildman–Crippen MR) is 134 cm³/mol. The molecule has 0 aliphatic heterocycles. The maximum absolute atomic E-state index is 14.1. The van der Waals surface area contributed by atoms with Crippen molar-refractivity contribution in [2.24, 2.45) is 0 Å².